The Balaban J connectivity index is 2.43. The van der Waals surface area contributed by atoms with Crippen LogP contribution in [-0.4, -0.2) is 49.9 Å². The van der Waals surface area contributed by atoms with Gasteiger partial charge in [0.25, 0.3) is 11.8 Å². The summed E-state index contributed by atoms with van der Waals surface area (Å²) in [5.74, 6) is 0.0110. The molecule has 2 N–H and O–H groups in total. The van der Waals surface area contributed by atoms with Gasteiger partial charge in [0, 0.05) is 19.6 Å². The Bertz CT molecular complexity index is 497. The number of benzene rings is 1. The van der Waals surface area contributed by atoms with Gasteiger partial charge in [-0.3, -0.25) is 9.59 Å². The maximum absolute atomic E-state index is 12.2. The summed E-state index contributed by atoms with van der Waals surface area (Å²) in [4.78, 5) is 26.5. The second-order valence-electron chi connectivity index (χ2n) is 6.27. The maximum atomic E-state index is 12.2. The van der Waals surface area contributed by atoms with E-state index in [2.05, 4.69) is 5.32 Å². The van der Waals surface area contributed by atoms with Crippen molar-refractivity contribution in [2.24, 2.45) is 0 Å². The van der Waals surface area contributed by atoms with Gasteiger partial charge >= 0.3 is 0 Å². The van der Waals surface area contributed by atoms with Crippen molar-refractivity contribution in [3.8, 4) is 0 Å². The van der Waals surface area contributed by atoms with Gasteiger partial charge in [-0.25, -0.2) is 0 Å². The molecule has 122 valence electrons. The highest BCUT2D eigenvalue weighted by atomic mass is 16.2. The van der Waals surface area contributed by atoms with Crippen molar-refractivity contribution in [3.05, 3.63) is 35.4 Å². The molecule has 0 saturated carbocycles. The summed E-state index contributed by atoms with van der Waals surface area (Å²) in [7, 11) is 3.65. The molecule has 22 heavy (non-hydrogen) atoms. The van der Waals surface area contributed by atoms with Gasteiger partial charge in [-0.15, -0.1) is 0 Å². The van der Waals surface area contributed by atoms with E-state index in [4.69, 9.17) is 0 Å². The molecule has 1 aromatic rings. The van der Waals surface area contributed by atoms with Crippen molar-refractivity contribution in [2.75, 3.05) is 27.2 Å². The summed E-state index contributed by atoms with van der Waals surface area (Å²) in [6.45, 7) is 7.10. The largest absolute Gasteiger partial charge is 0.349 e. The van der Waals surface area contributed by atoms with Crippen LogP contribution in [0.3, 0.4) is 0 Å². The average Bonchev–Trinajstić information content (AvgIpc) is 2.39. The number of hydrogen-bond acceptors (Lipinski definition) is 2. The first-order valence-corrected chi connectivity index (χ1v) is 7.68. The third-order valence-electron chi connectivity index (χ3n) is 3.33. The van der Waals surface area contributed by atoms with Crippen molar-refractivity contribution >= 4 is 11.8 Å². The normalized spacial score (nSPS) is 12.1. The van der Waals surface area contributed by atoms with Crippen LogP contribution < -0.4 is 10.2 Å². The minimum atomic E-state index is -0.0264. The van der Waals surface area contributed by atoms with E-state index in [1.54, 1.807) is 11.9 Å². The molecule has 0 fully saturated rings. The van der Waals surface area contributed by atoms with Crippen LogP contribution in [0.1, 0.15) is 25.0 Å². The van der Waals surface area contributed by atoms with Gasteiger partial charge in [0.15, 0.2) is 13.1 Å². The monoisotopic (exact) mass is 306 g/mol. The molecule has 0 saturated heterocycles. The highest BCUT2D eigenvalue weighted by Gasteiger charge is 2.17. The first-order valence-electron chi connectivity index (χ1n) is 7.68. The third-order valence-corrected chi connectivity index (χ3v) is 3.33. The first kappa shape index (κ1) is 18.2. The number of likely N-dealkylation sites (N-methyl/N-ethyl adjacent to an activating group) is 2. The summed E-state index contributed by atoms with van der Waals surface area (Å²) in [5, 5.41) is 2.84. The van der Waals surface area contributed by atoms with Gasteiger partial charge in [0.2, 0.25) is 0 Å². The molecule has 1 unspecified atom stereocenters. The van der Waals surface area contributed by atoms with Crippen LogP contribution in [0, 0.1) is 6.92 Å². The van der Waals surface area contributed by atoms with Crippen molar-refractivity contribution < 1.29 is 14.5 Å². The van der Waals surface area contributed by atoms with Gasteiger partial charge in [-0.1, -0.05) is 29.8 Å². The van der Waals surface area contributed by atoms with E-state index in [9.17, 15) is 9.59 Å². The zero-order valence-corrected chi connectivity index (χ0v) is 14.3. The van der Waals surface area contributed by atoms with E-state index >= 15 is 0 Å². The van der Waals surface area contributed by atoms with Crippen molar-refractivity contribution in [1.29, 1.82) is 0 Å². The predicted molar refractivity (Wildman–Crippen MR) is 87.6 cm³/mol. The smallest absolute Gasteiger partial charge is 0.277 e. The lowest BCUT2D eigenvalue weighted by Crippen LogP contribution is -3.11. The topological polar surface area (TPSA) is 53.9 Å². The molecule has 0 aliphatic heterocycles. The lowest BCUT2D eigenvalue weighted by molar-refractivity contribution is -0.863. The number of quaternary nitrogens is 1. The second-order valence-corrected chi connectivity index (χ2v) is 6.27. The number of carbonyl (C=O) groups is 2. The van der Waals surface area contributed by atoms with Crippen LogP contribution in [0.2, 0.25) is 0 Å². The second kappa shape index (κ2) is 8.54. The molecule has 0 radical (unpaired) electrons. The molecule has 1 rings (SSSR count). The average molecular weight is 306 g/mol. The molecular formula is C17H28N3O2+. The summed E-state index contributed by atoms with van der Waals surface area (Å²) in [6.07, 6.45) is 0. The van der Waals surface area contributed by atoms with E-state index in [1.807, 2.05) is 52.1 Å². The van der Waals surface area contributed by atoms with E-state index in [-0.39, 0.29) is 17.9 Å². The highest BCUT2D eigenvalue weighted by molar-refractivity contribution is 5.79. The zero-order chi connectivity index (χ0) is 16.7. The van der Waals surface area contributed by atoms with E-state index < -0.39 is 0 Å². The number of aryl methyl sites for hydroxylation is 1. The fraction of sp³-hybridized carbons (Fsp3) is 0.529. The van der Waals surface area contributed by atoms with Crippen LogP contribution in [0.25, 0.3) is 0 Å². The molecule has 0 aliphatic carbocycles. The first-order chi connectivity index (χ1) is 10.3. The molecular weight excluding hydrogens is 278 g/mol. The molecule has 1 atom stereocenters. The van der Waals surface area contributed by atoms with Crippen molar-refractivity contribution in [1.82, 2.24) is 10.2 Å². The Labute approximate surface area is 133 Å². The Morgan fingerprint density at radius 1 is 1.18 bits per heavy atom. The number of nitrogens with one attached hydrogen (secondary N) is 2. The van der Waals surface area contributed by atoms with Crippen LogP contribution in [0.4, 0.5) is 0 Å². The molecule has 5 nitrogen and oxygen atoms in total. The molecule has 2 amide bonds. The van der Waals surface area contributed by atoms with Crippen LogP contribution >= 0.6 is 0 Å². The van der Waals surface area contributed by atoms with E-state index in [1.165, 1.54) is 5.56 Å². The van der Waals surface area contributed by atoms with Crippen LogP contribution in [0.15, 0.2) is 24.3 Å². The Morgan fingerprint density at radius 3 is 2.32 bits per heavy atom. The molecule has 0 heterocycles. The quantitative estimate of drug-likeness (QED) is 0.745. The lowest BCUT2D eigenvalue weighted by Gasteiger charge is -2.20. The van der Waals surface area contributed by atoms with Crippen LogP contribution in [-0.2, 0) is 16.1 Å². The van der Waals surface area contributed by atoms with Gasteiger partial charge in [0.05, 0.1) is 7.05 Å². The summed E-state index contributed by atoms with van der Waals surface area (Å²) in [5.41, 5.74) is 2.31. The third kappa shape index (κ3) is 6.72. The van der Waals surface area contributed by atoms with E-state index in [0.29, 0.717) is 19.6 Å². The Morgan fingerprint density at radius 2 is 1.77 bits per heavy atom. The maximum Gasteiger partial charge on any atom is 0.277 e. The SMILES string of the molecule is Cc1ccc(CN(C)C(=O)C[NH+](C)CC(=O)NC(C)C)cc1. The number of amides is 2. The number of nitrogens with zero attached hydrogens (tertiary/aromatic N) is 1. The minimum Gasteiger partial charge on any atom is -0.349 e. The summed E-state index contributed by atoms with van der Waals surface area (Å²) in [6, 6.07) is 8.28. The van der Waals surface area contributed by atoms with Gasteiger partial charge < -0.3 is 15.1 Å². The summed E-state index contributed by atoms with van der Waals surface area (Å²) < 4.78 is 0. The van der Waals surface area contributed by atoms with Crippen molar-refractivity contribution in [3.63, 3.8) is 0 Å². The highest BCUT2D eigenvalue weighted by Crippen LogP contribution is 2.05. The predicted octanol–water partition coefficient (Wildman–Crippen LogP) is -0.00728. The lowest BCUT2D eigenvalue weighted by atomic mass is 10.1. The number of carbonyl (C=O) groups excluding carboxylic acids is 2. The van der Waals surface area contributed by atoms with Crippen LogP contribution in [0.5, 0.6) is 0 Å². The standard InChI is InChI=1S/C17H27N3O2/c1-13(2)18-16(21)11-19(4)12-17(22)20(5)10-15-8-6-14(3)7-9-15/h6-9,13H,10-12H2,1-5H3,(H,18,21)/p+1. The fourth-order valence-corrected chi connectivity index (χ4v) is 2.16. The van der Waals surface area contributed by atoms with E-state index in [0.717, 1.165) is 10.5 Å². The van der Waals surface area contributed by atoms with Gasteiger partial charge in [-0.2, -0.15) is 0 Å². The molecule has 0 aliphatic rings. The van der Waals surface area contributed by atoms with Gasteiger partial charge in [0.1, 0.15) is 0 Å². The van der Waals surface area contributed by atoms with Crippen molar-refractivity contribution in [2.45, 2.75) is 33.4 Å². The Kier molecular flexibility index (Phi) is 7.05. The summed E-state index contributed by atoms with van der Waals surface area (Å²) >= 11 is 0. The Hall–Kier alpha value is -1.88. The fourth-order valence-electron chi connectivity index (χ4n) is 2.16. The molecule has 0 bridgehead atoms. The molecule has 5 heteroatoms. The molecule has 0 spiro atoms. The molecule has 1 aromatic carbocycles. The number of rotatable bonds is 7. The number of hydrogen-bond donors (Lipinski definition) is 2. The zero-order valence-electron chi connectivity index (χ0n) is 14.3. The van der Waals surface area contributed by atoms with Gasteiger partial charge in [-0.05, 0) is 26.3 Å². The molecule has 0 aromatic heterocycles. The minimum absolute atomic E-state index is 0.0264.